The Morgan fingerprint density at radius 1 is 0.367 bits per heavy atom. The number of rotatable bonds is 35. The molecule has 109 heavy (non-hydrogen) atoms. The monoisotopic (exact) mass is 1570 g/mol. The van der Waals surface area contributed by atoms with Crippen molar-refractivity contribution < 1.29 is 119 Å². The summed E-state index contributed by atoms with van der Waals surface area (Å²) < 4.78 is 0. The first-order chi connectivity index (χ1) is 51.2. The average molecular weight is 1570 g/mol. The quantitative estimate of drug-likeness (QED) is 0.0328. The van der Waals surface area contributed by atoms with E-state index in [0.717, 1.165) is 11.1 Å². The first-order valence-electron chi connectivity index (χ1n) is 36.5. The summed E-state index contributed by atoms with van der Waals surface area (Å²) in [4.78, 5) is 171. The molecule has 39 heteroatoms. The molecule has 13 N–H and O–H groups in total. The van der Waals surface area contributed by atoms with Gasteiger partial charge < -0.3 is 66.8 Å². The van der Waals surface area contributed by atoms with Gasteiger partial charge in [-0.15, -0.1) is 0 Å². The fraction of sp³-hybridized carbons (Fsp3) is 0.714. The Balaban J connectivity index is 0.000000562. The van der Waals surface area contributed by atoms with Gasteiger partial charge in [0.25, 0.3) is 0 Å². The molecule has 0 aromatic heterocycles. The number of hydrogen-bond donors (Lipinski definition) is 13. The Kier molecular flexibility index (Phi) is 47.1. The number of thiocarbonyl (C=S) groups is 1. The Morgan fingerprint density at radius 3 is 0.936 bits per heavy atom. The minimum atomic E-state index is -1.10. The van der Waals surface area contributed by atoms with E-state index in [-0.39, 0.29) is 212 Å². The number of Topliss-reactive ketones (excluding diaryl/α,β-unsaturated/α-hetero) is 2. The van der Waals surface area contributed by atoms with Gasteiger partial charge >= 0.3 is 65.7 Å². The van der Waals surface area contributed by atoms with Crippen molar-refractivity contribution in [2.24, 2.45) is 11.8 Å². The summed E-state index contributed by atoms with van der Waals surface area (Å²) in [6, 6.07) is 6.18. The number of carbonyl (C=O) groups is 13. The molecule has 0 saturated carbocycles. The number of carbonyl (C=O) groups excluding carboxylic acids is 2. The fourth-order valence-corrected chi connectivity index (χ4v) is 12.8. The van der Waals surface area contributed by atoms with Crippen LogP contribution in [0.4, 0.5) is 0 Å². The molecule has 0 amide bonds. The summed E-state index contributed by atoms with van der Waals surface area (Å²) in [7, 11) is 0. The molecule has 2 unspecified atom stereocenters. The van der Waals surface area contributed by atoms with Gasteiger partial charge in [0.1, 0.15) is 17.6 Å². The van der Waals surface area contributed by atoms with Crippen LogP contribution < -0.4 is 10.6 Å². The molecule has 0 aliphatic carbocycles. The molecule has 0 bridgehead atoms. The van der Waals surface area contributed by atoms with Gasteiger partial charge in [-0.2, -0.15) is 0 Å². The molecule has 1 aromatic rings. The van der Waals surface area contributed by atoms with E-state index in [1.165, 1.54) is 0 Å². The predicted octanol–water partition coefficient (Wildman–Crippen LogP) is -1.95. The van der Waals surface area contributed by atoms with Crippen LogP contribution in [-0.2, 0) is 68.9 Å². The van der Waals surface area contributed by atoms with Gasteiger partial charge in [0, 0.05) is 188 Å². The SMILES string of the molecule is CC(C)CC(=O)CCC(C(=O)O)N1CCN(CC(=O)O)CCN(CC(=O)O)CCN(CC(=O)O)CC1.CC(C)CC(=O)CN1CCN(CC(=O)O)CCN(CC(=O)O)CCN(CC(=O)O)CC1.CC(C)NC(=S)NCc1ccc(C2CN(CC(=O)O)CCN(CC(=O)O)CCN(CC(=O)O)CCN2CC(=O)O)cc1. The van der Waals surface area contributed by atoms with Crippen molar-refractivity contribution in [1.29, 1.82) is 0 Å². The van der Waals surface area contributed by atoms with Crippen molar-refractivity contribution in [1.82, 2.24) is 69.4 Å². The van der Waals surface area contributed by atoms with E-state index in [4.69, 9.17) is 17.3 Å². The Hall–Kier alpha value is -8.06. The van der Waals surface area contributed by atoms with Crippen LogP contribution in [0.25, 0.3) is 0 Å². The summed E-state index contributed by atoms with van der Waals surface area (Å²) in [6.45, 7) is 16.5. The van der Waals surface area contributed by atoms with Crippen molar-refractivity contribution in [3.8, 4) is 0 Å². The smallest absolute Gasteiger partial charge is 0.320 e. The molecule has 3 fully saturated rings. The summed E-state index contributed by atoms with van der Waals surface area (Å²) >= 11 is 5.29. The van der Waals surface area contributed by atoms with Crippen LogP contribution in [0.2, 0.25) is 0 Å². The van der Waals surface area contributed by atoms with Crippen LogP contribution in [0.1, 0.15) is 84.4 Å². The van der Waals surface area contributed by atoms with Gasteiger partial charge in [-0.1, -0.05) is 52.0 Å². The molecule has 0 radical (unpaired) electrons. The standard InChI is InChI=1S/C27H42N6O8S.C23H40N4O9.C20H36N4O7/c1-19(2)29-27(42)28-13-20-3-5-21(6-4-20)22-14-32(17-25(38)39)10-9-30(15-23(34)35)7-8-31(16-24(36)37)11-12-33(22)18-26(40)41;1-17(2)13-18(28)3-4-19(23(35)36)27-11-9-25(15-21(31)32)7-5-24(14-20(29)30)6-8-26(10-12-27)16-22(33)34;1-16(2)11-17(25)12-21-3-5-22(13-18(26)27)7-9-24(15-20(30)31)10-8-23(6-4-21)14-19(28)29/h3-6,19,22H,7-18H2,1-2H3,(H,34,35)(H,36,37)(H,38,39)(H,40,41)(H2,28,29,42);17,19H,3-16H2,1-2H3,(H,29,30)(H,31,32)(H,33,34)(H,35,36);16H,3-15H2,1-2H3,(H,26,27)(H,28,29)(H,30,31). The zero-order chi connectivity index (χ0) is 81.9. The van der Waals surface area contributed by atoms with Crippen LogP contribution in [0.15, 0.2) is 24.3 Å². The maximum absolute atomic E-state index is 12.3. The Labute approximate surface area is 641 Å². The molecule has 1 aromatic carbocycles. The van der Waals surface area contributed by atoms with E-state index < -0.39 is 77.7 Å². The third-order valence-electron chi connectivity index (χ3n) is 17.7. The van der Waals surface area contributed by atoms with Crippen molar-refractivity contribution in [2.45, 2.75) is 91.9 Å². The van der Waals surface area contributed by atoms with Gasteiger partial charge in [-0.25, -0.2) is 0 Å². The summed E-state index contributed by atoms with van der Waals surface area (Å²) in [6.07, 6.45) is 1.02. The van der Waals surface area contributed by atoms with Crippen molar-refractivity contribution in [2.75, 3.05) is 223 Å². The summed E-state index contributed by atoms with van der Waals surface area (Å²) in [5, 5.41) is 110. The molecule has 38 nitrogen and oxygen atoms in total. The highest BCUT2D eigenvalue weighted by atomic mass is 32.1. The second-order valence-electron chi connectivity index (χ2n) is 28.6. The normalized spacial score (nSPS) is 18.7. The molecular weight excluding hydrogens is 1450 g/mol. The second-order valence-corrected chi connectivity index (χ2v) is 29.0. The van der Waals surface area contributed by atoms with E-state index in [1.807, 2.05) is 70.7 Å². The number of carboxylic acid groups (broad SMARTS) is 11. The van der Waals surface area contributed by atoms with Crippen LogP contribution in [0.3, 0.4) is 0 Å². The largest absolute Gasteiger partial charge is 0.480 e. The summed E-state index contributed by atoms with van der Waals surface area (Å²) in [5.74, 6) is -10.9. The third kappa shape index (κ3) is 46.9. The zero-order valence-corrected chi connectivity index (χ0v) is 64.6. The molecule has 4 rings (SSSR count). The molecule has 3 saturated heterocycles. The van der Waals surface area contributed by atoms with E-state index >= 15 is 0 Å². The molecule has 3 aliphatic rings. The van der Waals surface area contributed by atoms with Crippen molar-refractivity contribution >= 4 is 94.6 Å². The second kappa shape index (κ2) is 52.9. The number of nitrogens with one attached hydrogen (secondary N) is 2. The first-order valence-corrected chi connectivity index (χ1v) is 36.9. The number of benzene rings is 1. The Bertz CT molecular complexity index is 3000. The van der Waals surface area contributed by atoms with Crippen molar-refractivity contribution in [3.05, 3.63) is 35.4 Å². The number of nitrogens with zero attached hydrogens (tertiary/aromatic N) is 12. The highest BCUT2D eigenvalue weighted by Crippen LogP contribution is 2.24. The minimum Gasteiger partial charge on any atom is -0.480 e. The lowest BCUT2D eigenvalue weighted by Crippen LogP contribution is -2.51. The van der Waals surface area contributed by atoms with E-state index in [9.17, 15) is 113 Å². The lowest BCUT2D eigenvalue weighted by Gasteiger charge is -2.37. The van der Waals surface area contributed by atoms with Gasteiger partial charge in [-0.05, 0) is 55.4 Å². The topological polar surface area (TPSA) is 507 Å². The molecule has 618 valence electrons. The van der Waals surface area contributed by atoms with Crippen LogP contribution in [0.5, 0.6) is 0 Å². The first kappa shape index (κ1) is 97.0. The molecular formula is C70H118N14O24S. The van der Waals surface area contributed by atoms with E-state index in [2.05, 4.69) is 10.6 Å². The van der Waals surface area contributed by atoms with Gasteiger partial charge in [0.2, 0.25) is 0 Å². The van der Waals surface area contributed by atoms with Gasteiger partial charge in [-0.3, -0.25) is 121 Å². The highest BCUT2D eigenvalue weighted by molar-refractivity contribution is 7.80. The number of aliphatic carboxylic acids is 11. The third-order valence-corrected chi connectivity index (χ3v) is 18.0. The van der Waals surface area contributed by atoms with Gasteiger partial charge in [0.15, 0.2) is 5.11 Å². The predicted molar refractivity (Wildman–Crippen MR) is 400 cm³/mol. The lowest BCUT2D eigenvalue weighted by atomic mass is 10.0. The number of hydrogen-bond acceptors (Lipinski definition) is 26. The average Bonchev–Trinajstić information content (AvgIpc) is 0.833. The van der Waals surface area contributed by atoms with Crippen molar-refractivity contribution in [3.63, 3.8) is 0 Å². The molecule has 2 atom stereocenters. The number of ketones is 2. The molecule has 3 aliphatic heterocycles. The lowest BCUT2D eigenvalue weighted by molar-refractivity contribution is -0.145. The van der Waals surface area contributed by atoms with Crippen LogP contribution in [0, 0.1) is 11.8 Å². The fourth-order valence-electron chi connectivity index (χ4n) is 12.5. The molecule has 3 heterocycles. The number of carboxylic acids is 11. The van der Waals surface area contributed by atoms with Crippen LogP contribution >= 0.6 is 12.2 Å². The zero-order valence-electron chi connectivity index (χ0n) is 63.8. The maximum atomic E-state index is 12.3. The molecule has 0 spiro atoms. The highest BCUT2D eigenvalue weighted by Gasteiger charge is 2.32. The minimum absolute atomic E-state index is 0.0240. The maximum Gasteiger partial charge on any atom is 0.320 e. The van der Waals surface area contributed by atoms with E-state index in [1.54, 1.807) is 53.9 Å². The Morgan fingerprint density at radius 2 is 0.642 bits per heavy atom. The van der Waals surface area contributed by atoms with Crippen LogP contribution in [-0.4, -0.2) is 432 Å². The summed E-state index contributed by atoms with van der Waals surface area (Å²) in [5.41, 5.74) is 1.70. The van der Waals surface area contributed by atoms with E-state index in [0.29, 0.717) is 76.9 Å². The van der Waals surface area contributed by atoms with Gasteiger partial charge in [0.05, 0.1) is 72.0 Å².